The summed E-state index contributed by atoms with van der Waals surface area (Å²) in [7, 11) is 1.35. The summed E-state index contributed by atoms with van der Waals surface area (Å²) in [6, 6.07) is -0.420. The average Bonchev–Trinajstić information content (AvgIpc) is 2.25. The normalized spacial score (nSPS) is 11.5. The van der Waals surface area contributed by atoms with E-state index in [0.717, 1.165) is 0 Å². The Bertz CT molecular complexity index is 255. The number of methoxy groups -OCH3 is 1. The lowest BCUT2D eigenvalue weighted by atomic mass is 10.1. The van der Waals surface area contributed by atoms with Crippen LogP contribution in [0.15, 0.2) is 25.3 Å². The van der Waals surface area contributed by atoms with Crippen LogP contribution in [-0.4, -0.2) is 37.1 Å². The van der Waals surface area contributed by atoms with Gasteiger partial charge in [0.2, 0.25) is 0 Å². The van der Waals surface area contributed by atoms with Gasteiger partial charge in [0.15, 0.2) is 0 Å². The first-order valence-electron chi connectivity index (χ1n) is 4.68. The molecule has 0 rings (SSSR count). The summed E-state index contributed by atoms with van der Waals surface area (Å²) in [5.41, 5.74) is 0. The molecule has 0 radical (unpaired) electrons. The van der Waals surface area contributed by atoms with E-state index in [2.05, 4.69) is 19.1 Å². The molecule has 0 saturated heterocycles. The Kier molecular flexibility index (Phi) is 7.04. The second-order valence-electron chi connectivity index (χ2n) is 2.98. The summed E-state index contributed by atoms with van der Waals surface area (Å²) in [5.74, 6) is 2.15. The molecule has 0 aliphatic heterocycles. The number of carbonyl (C=O) groups is 1. The Hall–Kier alpha value is -1.53. The van der Waals surface area contributed by atoms with Gasteiger partial charge in [-0.25, -0.2) is 0 Å². The van der Waals surface area contributed by atoms with Gasteiger partial charge in [-0.1, -0.05) is 12.2 Å². The molecule has 0 N–H and O–H groups in total. The third kappa shape index (κ3) is 4.48. The molecule has 1 unspecified atom stereocenters. The van der Waals surface area contributed by atoms with Gasteiger partial charge >= 0.3 is 5.97 Å². The Morgan fingerprint density at radius 2 is 2.07 bits per heavy atom. The predicted molar refractivity (Wildman–Crippen MR) is 61.2 cm³/mol. The lowest BCUT2D eigenvalue weighted by Crippen LogP contribution is -2.41. The summed E-state index contributed by atoms with van der Waals surface area (Å²) in [4.78, 5) is 13.3. The van der Waals surface area contributed by atoms with E-state index in [1.54, 1.807) is 12.2 Å². The van der Waals surface area contributed by atoms with Gasteiger partial charge in [-0.05, 0) is 0 Å². The number of ether oxygens (including phenoxy) is 1. The van der Waals surface area contributed by atoms with Crippen molar-refractivity contribution in [3.05, 3.63) is 25.3 Å². The summed E-state index contributed by atoms with van der Waals surface area (Å²) in [5, 5.41) is 0. The third-order valence-electron chi connectivity index (χ3n) is 1.95. The predicted octanol–water partition coefficient (Wildman–Crippen LogP) is 1.23. The molecule has 0 aliphatic carbocycles. The zero-order valence-corrected chi connectivity index (χ0v) is 9.11. The highest BCUT2D eigenvalue weighted by atomic mass is 16.5. The van der Waals surface area contributed by atoms with Crippen molar-refractivity contribution in [3.8, 4) is 12.3 Å². The minimum absolute atomic E-state index is 0.323. The number of nitrogens with zero attached hydrogens (tertiary/aromatic N) is 1. The van der Waals surface area contributed by atoms with E-state index < -0.39 is 6.04 Å². The molecule has 0 aliphatic rings. The summed E-state index contributed by atoms with van der Waals surface area (Å²) in [6.07, 6.45) is 8.98. The topological polar surface area (TPSA) is 29.5 Å². The molecule has 82 valence electrons. The molecular formula is C12H17NO2. The van der Waals surface area contributed by atoms with Crippen molar-refractivity contribution in [1.82, 2.24) is 4.90 Å². The minimum Gasteiger partial charge on any atom is -0.468 e. The molecule has 0 aromatic heterocycles. The van der Waals surface area contributed by atoms with Crippen LogP contribution in [0.4, 0.5) is 0 Å². The van der Waals surface area contributed by atoms with Crippen molar-refractivity contribution >= 4 is 5.97 Å². The number of terminal acetylenes is 1. The van der Waals surface area contributed by atoms with Gasteiger partial charge < -0.3 is 4.74 Å². The summed E-state index contributed by atoms with van der Waals surface area (Å²) >= 11 is 0. The molecule has 0 aromatic carbocycles. The van der Waals surface area contributed by atoms with Crippen LogP contribution in [0.2, 0.25) is 0 Å². The van der Waals surface area contributed by atoms with Crippen molar-refractivity contribution in [3.63, 3.8) is 0 Å². The first kappa shape index (κ1) is 13.5. The van der Waals surface area contributed by atoms with E-state index in [9.17, 15) is 4.79 Å². The first-order chi connectivity index (χ1) is 7.21. The van der Waals surface area contributed by atoms with Crippen molar-refractivity contribution in [1.29, 1.82) is 0 Å². The van der Waals surface area contributed by atoms with Gasteiger partial charge in [0.25, 0.3) is 0 Å². The first-order valence-corrected chi connectivity index (χ1v) is 4.68. The monoisotopic (exact) mass is 207 g/mol. The van der Waals surface area contributed by atoms with Crippen LogP contribution in [0.5, 0.6) is 0 Å². The van der Waals surface area contributed by atoms with Crippen LogP contribution in [0, 0.1) is 12.3 Å². The van der Waals surface area contributed by atoms with Crippen LogP contribution < -0.4 is 0 Å². The van der Waals surface area contributed by atoms with Crippen LogP contribution in [-0.2, 0) is 9.53 Å². The van der Waals surface area contributed by atoms with Gasteiger partial charge in [0.1, 0.15) is 6.04 Å². The molecule has 0 saturated carbocycles. The maximum Gasteiger partial charge on any atom is 0.324 e. The maximum absolute atomic E-state index is 11.5. The van der Waals surface area contributed by atoms with Gasteiger partial charge in [-0.15, -0.1) is 25.5 Å². The molecule has 15 heavy (non-hydrogen) atoms. The van der Waals surface area contributed by atoms with Crippen LogP contribution in [0.25, 0.3) is 0 Å². The van der Waals surface area contributed by atoms with Crippen molar-refractivity contribution < 1.29 is 9.53 Å². The lowest BCUT2D eigenvalue weighted by molar-refractivity contribution is -0.146. The van der Waals surface area contributed by atoms with E-state index >= 15 is 0 Å². The van der Waals surface area contributed by atoms with E-state index in [4.69, 9.17) is 11.2 Å². The van der Waals surface area contributed by atoms with E-state index in [1.807, 2.05) is 4.90 Å². The fourth-order valence-electron chi connectivity index (χ4n) is 1.27. The van der Waals surface area contributed by atoms with E-state index in [1.165, 1.54) is 7.11 Å². The molecule has 0 bridgehead atoms. The van der Waals surface area contributed by atoms with Gasteiger partial charge in [0.05, 0.1) is 7.11 Å². The van der Waals surface area contributed by atoms with Crippen LogP contribution in [0.1, 0.15) is 6.42 Å². The lowest BCUT2D eigenvalue weighted by Gasteiger charge is -2.26. The second kappa shape index (κ2) is 7.84. The Morgan fingerprint density at radius 3 is 2.40 bits per heavy atom. The molecule has 3 nitrogen and oxygen atoms in total. The molecule has 0 heterocycles. The third-order valence-corrected chi connectivity index (χ3v) is 1.95. The van der Waals surface area contributed by atoms with Crippen LogP contribution >= 0.6 is 0 Å². The van der Waals surface area contributed by atoms with Gasteiger partial charge in [-0.2, -0.15) is 0 Å². The van der Waals surface area contributed by atoms with Crippen LogP contribution in [0.3, 0.4) is 0 Å². The quantitative estimate of drug-likeness (QED) is 0.357. The molecule has 0 amide bonds. The van der Waals surface area contributed by atoms with E-state index in [-0.39, 0.29) is 5.97 Å². The average molecular weight is 207 g/mol. The largest absolute Gasteiger partial charge is 0.468 e. The molecule has 0 fully saturated rings. The van der Waals surface area contributed by atoms with Gasteiger partial charge in [0, 0.05) is 19.5 Å². The summed E-state index contributed by atoms with van der Waals surface area (Å²) < 4.78 is 4.69. The van der Waals surface area contributed by atoms with Crippen molar-refractivity contribution in [2.75, 3.05) is 20.2 Å². The second-order valence-corrected chi connectivity index (χ2v) is 2.98. The smallest absolute Gasteiger partial charge is 0.324 e. The molecule has 3 heteroatoms. The fraction of sp³-hybridized carbons (Fsp3) is 0.417. The SMILES string of the molecule is C#CCC(C(=O)OC)N(CC=C)CC=C. The highest BCUT2D eigenvalue weighted by Crippen LogP contribution is 2.06. The molecule has 0 spiro atoms. The molecular weight excluding hydrogens is 190 g/mol. The zero-order chi connectivity index (χ0) is 11.7. The highest BCUT2D eigenvalue weighted by molar-refractivity contribution is 5.76. The molecule has 1 atom stereocenters. The zero-order valence-electron chi connectivity index (χ0n) is 9.11. The Balaban J connectivity index is 4.65. The highest BCUT2D eigenvalue weighted by Gasteiger charge is 2.24. The number of esters is 1. The number of rotatable bonds is 7. The standard InChI is InChI=1S/C12H17NO2/c1-5-8-11(12(14)15-4)13(9-6-2)10-7-3/h1,6-7,11H,2-3,8-10H2,4H3. The number of carbonyl (C=O) groups excluding carboxylic acids is 1. The van der Waals surface area contributed by atoms with Gasteiger partial charge in [-0.3, -0.25) is 9.69 Å². The fourth-order valence-corrected chi connectivity index (χ4v) is 1.27. The Labute approximate surface area is 91.4 Å². The maximum atomic E-state index is 11.5. The molecule has 0 aromatic rings. The Morgan fingerprint density at radius 1 is 1.53 bits per heavy atom. The van der Waals surface area contributed by atoms with Crippen molar-refractivity contribution in [2.45, 2.75) is 12.5 Å². The van der Waals surface area contributed by atoms with E-state index in [0.29, 0.717) is 19.5 Å². The number of hydrogen-bond acceptors (Lipinski definition) is 3. The minimum atomic E-state index is -0.420. The van der Waals surface area contributed by atoms with Crippen molar-refractivity contribution in [2.24, 2.45) is 0 Å². The number of hydrogen-bond donors (Lipinski definition) is 0. The summed E-state index contributed by atoms with van der Waals surface area (Å²) in [6.45, 7) is 8.42.